The van der Waals surface area contributed by atoms with Crippen LogP contribution in [0.1, 0.15) is 69.1 Å². The van der Waals surface area contributed by atoms with Crippen molar-refractivity contribution in [2.75, 3.05) is 0 Å². The maximum atomic E-state index is 2.32. The van der Waals surface area contributed by atoms with Crippen LogP contribution in [-0.4, -0.2) is 0 Å². The second-order valence-electron chi connectivity index (χ2n) is 5.08. The summed E-state index contributed by atoms with van der Waals surface area (Å²) in [6.07, 6.45) is 10.8. The molecule has 1 aromatic carbocycles. The summed E-state index contributed by atoms with van der Waals surface area (Å²) in [6.45, 7) is 6.79. The van der Waals surface area contributed by atoms with E-state index in [9.17, 15) is 0 Å². The van der Waals surface area contributed by atoms with Crippen LogP contribution in [0.4, 0.5) is 0 Å². The molecule has 0 aliphatic carbocycles. The maximum absolute atomic E-state index is 2.32. The number of rotatable bonds is 8. The van der Waals surface area contributed by atoms with Gasteiger partial charge in [-0.3, -0.25) is 0 Å². The maximum Gasteiger partial charge on any atom is -0.0276 e. The van der Waals surface area contributed by atoms with Crippen molar-refractivity contribution in [2.24, 2.45) is 0 Å². The van der Waals surface area contributed by atoms with Gasteiger partial charge in [0.05, 0.1) is 0 Å². The minimum atomic E-state index is 1.18. The van der Waals surface area contributed by atoms with Gasteiger partial charge in [-0.15, -0.1) is 0 Å². The zero-order chi connectivity index (χ0) is 12.5. The summed E-state index contributed by atoms with van der Waals surface area (Å²) in [5, 5.41) is 0. The van der Waals surface area contributed by atoms with E-state index in [1.54, 1.807) is 11.1 Å². The van der Waals surface area contributed by atoms with E-state index in [0.717, 1.165) is 0 Å². The molecule has 0 nitrogen and oxygen atoms in total. The van der Waals surface area contributed by atoms with Gasteiger partial charge < -0.3 is 0 Å². The van der Waals surface area contributed by atoms with Crippen LogP contribution in [0.3, 0.4) is 0 Å². The Labute approximate surface area is 107 Å². The molecular formula is C17H28. The van der Waals surface area contributed by atoms with Crippen LogP contribution < -0.4 is 0 Å². The molecule has 0 N–H and O–H groups in total. The summed E-state index contributed by atoms with van der Waals surface area (Å²) in [5.74, 6) is 0. The van der Waals surface area contributed by atoms with Gasteiger partial charge >= 0.3 is 0 Å². The van der Waals surface area contributed by atoms with Gasteiger partial charge in [-0.2, -0.15) is 0 Å². The lowest BCUT2D eigenvalue weighted by Gasteiger charge is -2.10. The molecule has 0 atom stereocenters. The van der Waals surface area contributed by atoms with Crippen molar-refractivity contribution >= 4 is 0 Å². The van der Waals surface area contributed by atoms with Gasteiger partial charge in [0, 0.05) is 0 Å². The lowest BCUT2D eigenvalue weighted by atomic mass is 9.95. The molecule has 0 saturated carbocycles. The van der Waals surface area contributed by atoms with Crippen LogP contribution in [0, 0.1) is 6.92 Å². The molecule has 0 unspecified atom stereocenters. The highest BCUT2D eigenvalue weighted by Crippen LogP contribution is 2.18. The standard InChI is InChI=1S/C17H28/c1-4-6-7-8-9-10-13-16-14-11-12-15(3)17(16)5-2/h11-12,14H,4-10,13H2,1-3H3. The predicted octanol–water partition coefficient (Wildman–Crippen LogP) is 5.46. The van der Waals surface area contributed by atoms with Crippen molar-refractivity contribution in [2.45, 2.75) is 72.1 Å². The van der Waals surface area contributed by atoms with E-state index in [4.69, 9.17) is 0 Å². The molecule has 0 fully saturated rings. The zero-order valence-electron chi connectivity index (χ0n) is 11.9. The first-order valence-corrected chi connectivity index (χ1v) is 7.37. The van der Waals surface area contributed by atoms with E-state index in [1.807, 2.05) is 0 Å². The topological polar surface area (TPSA) is 0 Å². The first-order valence-electron chi connectivity index (χ1n) is 7.37. The zero-order valence-corrected chi connectivity index (χ0v) is 11.9. The van der Waals surface area contributed by atoms with Crippen LogP contribution >= 0.6 is 0 Å². The average Bonchev–Trinajstić information content (AvgIpc) is 2.34. The van der Waals surface area contributed by atoms with Gasteiger partial charge in [0.25, 0.3) is 0 Å². The Morgan fingerprint density at radius 3 is 2.29 bits per heavy atom. The molecule has 0 amide bonds. The normalized spacial score (nSPS) is 10.8. The van der Waals surface area contributed by atoms with Gasteiger partial charge in [0.2, 0.25) is 0 Å². The van der Waals surface area contributed by atoms with Crippen molar-refractivity contribution in [1.29, 1.82) is 0 Å². The van der Waals surface area contributed by atoms with E-state index in [-0.39, 0.29) is 0 Å². The highest BCUT2D eigenvalue weighted by Gasteiger charge is 2.02. The summed E-state index contributed by atoms with van der Waals surface area (Å²) < 4.78 is 0. The second-order valence-corrected chi connectivity index (χ2v) is 5.08. The lowest BCUT2D eigenvalue weighted by molar-refractivity contribution is 0.606. The van der Waals surface area contributed by atoms with Gasteiger partial charge in [-0.25, -0.2) is 0 Å². The highest BCUT2D eigenvalue weighted by molar-refractivity contribution is 5.34. The minimum Gasteiger partial charge on any atom is -0.0654 e. The minimum absolute atomic E-state index is 1.18. The summed E-state index contributed by atoms with van der Waals surface area (Å²) in [7, 11) is 0. The average molecular weight is 232 g/mol. The third kappa shape index (κ3) is 4.93. The molecular weight excluding hydrogens is 204 g/mol. The van der Waals surface area contributed by atoms with Crippen LogP contribution in [0.5, 0.6) is 0 Å². The molecule has 0 heterocycles. The van der Waals surface area contributed by atoms with Gasteiger partial charge in [-0.1, -0.05) is 64.2 Å². The first kappa shape index (κ1) is 14.3. The lowest BCUT2D eigenvalue weighted by Crippen LogP contribution is -1.96. The van der Waals surface area contributed by atoms with E-state index in [0.29, 0.717) is 0 Å². The molecule has 17 heavy (non-hydrogen) atoms. The molecule has 1 aromatic rings. The van der Waals surface area contributed by atoms with Crippen LogP contribution in [0.2, 0.25) is 0 Å². The molecule has 0 saturated heterocycles. The number of benzene rings is 1. The molecule has 0 aliphatic rings. The van der Waals surface area contributed by atoms with E-state index >= 15 is 0 Å². The van der Waals surface area contributed by atoms with Gasteiger partial charge in [0.1, 0.15) is 0 Å². The quantitative estimate of drug-likeness (QED) is 0.522. The Morgan fingerprint density at radius 2 is 1.59 bits per heavy atom. The second kappa shape index (κ2) is 8.33. The number of aryl methyl sites for hydroxylation is 2. The molecule has 0 aliphatic heterocycles. The van der Waals surface area contributed by atoms with Crippen molar-refractivity contribution in [1.82, 2.24) is 0 Å². The first-order chi connectivity index (χ1) is 8.29. The van der Waals surface area contributed by atoms with Crippen molar-refractivity contribution in [3.05, 3.63) is 34.9 Å². The molecule has 96 valence electrons. The third-order valence-corrected chi connectivity index (χ3v) is 3.66. The SMILES string of the molecule is CCCCCCCCc1cccc(C)c1CC. The molecule has 0 radical (unpaired) electrons. The molecule has 0 spiro atoms. The van der Waals surface area contributed by atoms with E-state index in [1.165, 1.54) is 56.9 Å². The Balaban J connectivity index is 2.33. The van der Waals surface area contributed by atoms with Crippen molar-refractivity contribution in [3.63, 3.8) is 0 Å². The smallest absolute Gasteiger partial charge is 0.0276 e. The predicted molar refractivity (Wildman–Crippen MR) is 77.6 cm³/mol. The van der Waals surface area contributed by atoms with Gasteiger partial charge in [0.15, 0.2) is 0 Å². The highest BCUT2D eigenvalue weighted by atomic mass is 14.1. The monoisotopic (exact) mass is 232 g/mol. The largest absolute Gasteiger partial charge is 0.0654 e. The van der Waals surface area contributed by atoms with Crippen LogP contribution in [-0.2, 0) is 12.8 Å². The van der Waals surface area contributed by atoms with E-state index < -0.39 is 0 Å². The molecule has 0 bridgehead atoms. The van der Waals surface area contributed by atoms with Gasteiger partial charge in [-0.05, 0) is 42.9 Å². The number of hydrogen-bond acceptors (Lipinski definition) is 0. The molecule has 0 heteroatoms. The fourth-order valence-corrected chi connectivity index (χ4v) is 2.60. The van der Waals surface area contributed by atoms with Crippen LogP contribution in [0.15, 0.2) is 18.2 Å². The Hall–Kier alpha value is -0.780. The van der Waals surface area contributed by atoms with Crippen molar-refractivity contribution < 1.29 is 0 Å². The summed E-state index contributed by atoms with van der Waals surface area (Å²) in [5.41, 5.74) is 4.64. The van der Waals surface area contributed by atoms with Crippen LogP contribution in [0.25, 0.3) is 0 Å². The molecule has 1 rings (SSSR count). The Kier molecular flexibility index (Phi) is 7.00. The summed E-state index contributed by atoms with van der Waals surface area (Å²) in [4.78, 5) is 0. The fourth-order valence-electron chi connectivity index (χ4n) is 2.60. The summed E-state index contributed by atoms with van der Waals surface area (Å²) >= 11 is 0. The number of unbranched alkanes of at least 4 members (excludes halogenated alkanes) is 5. The molecule has 0 aromatic heterocycles. The fraction of sp³-hybridized carbons (Fsp3) is 0.647. The van der Waals surface area contributed by atoms with E-state index in [2.05, 4.69) is 39.0 Å². The Morgan fingerprint density at radius 1 is 0.882 bits per heavy atom. The summed E-state index contributed by atoms with van der Waals surface area (Å²) in [6, 6.07) is 6.77. The van der Waals surface area contributed by atoms with Crippen molar-refractivity contribution in [3.8, 4) is 0 Å². The third-order valence-electron chi connectivity index (χ3n) is 3.66. The number of hydrogen-bond donors (Lipinski definition) is 0. The Bertz CT molecular complexity index is 312.